The molecular formula is C11H13NOS. The second-order valence-electron chi connectivity index (χ2n) is 3.30. The molecular weight excluding hydrogens is 194 g/mol. The van der Waals surface area contributed by atoms with Crippen molar-refractivity contribution < 1.29 is 5.11 Å². The number of hydrogen-bond acceptors (Lipinski definition) is 2. The Morgan fingerprint density at radius 1 is 1.29 bits per heavy atom. The van der Waals surface area contributed by atoms with Crippen LogP contribution in [0.15, 0.2) is 35.3 Å². The molecule has 2 aromatic heterocycles. The van der Waals surface area contributed by atoms with Gasteiger partial charge < -0.3 is 9.67 Å². The summed E-state index contributed by atoms with van der Waals surface area (Å²) in [4.78, 5) is 0. The van der Waals surface area contributed by atoms with Gasteiger partial charge >= 0.3 is 0 Å². The van der Waals surface area contributed by atoms with Gasteiger partial charge in [0.05, 0.1) is 6.61 Å². The van der Waals surface area contributed by atoms with Crippen molar-refractivity contribution in [1.82, 2.24) is 4.57 Å². The lowest BCUT2D eigenvalue weighted by atomic mass is 10.2. The molecule has 14 heavy (non-hydrogen) atoms. The Morgan fingerprint density at radius 2 is 2.21 bits per heavy atom. The molecule has 0 radical (unpaired) electrons. The third kappa shape index (κ3) is 2.25. The van der Waals surface area contributed by atoms with Gasteiger partial charge in [-0.2, -0.15) is 11.3 Å². The van der Waals surface area contributed by atoms with Crippen LogP contribution in [0.25, 0.3) is 0 Å². The van der Waals surface area contributed by atoms with Gasteiger partial charge in [0, 0.05) is 18.9 Å². The van der Waals surface area contributed by atoms with Crippen molar-refractivity contribution in [3.8, 4) is 0 Å². The van der Waals surface area contributed by atoms with Crippen molar-refractivity contribution in [2.45, 2.75) is 19.6 Å². The molecule has 0 unspecified atom stereocenters. The zero-order chi connectivity index (χ0) is 9.80. The third-order valence-electron chi connectivity index (χ3n) is 2.23. The van der Waals surface area contributed by atoms with E-state index in [1.807, 2.05) is 18.5 Å². The Morgan fingerprint density at radius 3 is 2.86 bits per heavy atom. The second-order valence-corrected chi connectivity index (χ2v) is 4.08. The summed E-state index contributed by atoms with van der Waals surface area (Å²) >= 11 is 1.74. The van der Waals surface area contributed by atoms with Gasteiger partial charge in [0.15, 0.2) is 0 Å². The molecule has 74 valence electrons. The van der Waals surface area contributed by atoms with E-state index in [2.05, 4.69) is 21.4 Å². The number of aliphatic hydroxyl groups excluding tert-OH is 1. The molecule has 0 bridgehead atoms. The fourth-order valence-electron chi connectivity index (χ4n) is 1.42. The molecule has 3 heteroatoms. The van der Waals surface area contributed by atoms with Crippen LogP contribution in [0.2, 0.25) is 0 Å². The predicted molar refractivity (Wildman–Crippen MR) is 58.4 cm³/mol. The highest BCUT2D eigenvalue weighted by Gasteiger charge is 1.96. The fourth-order valence-corrected chi connectivity index (χ4v) is 2.12. The lowest BCUT2D eigenvalue weighted by Gasteiger charge is -2.00. The Balaban J connectivity index is 1.92. The van der Waals surface area contributed by atoms with E-state index in [1.165, 1.54) is 5.56 Å². The zero-order valence-corrected chi connectivity index (χ0v) is 8.70. The minimum absolute atomic E-state index is 0.130. The summed E-state index contributed by atoms with van der Waals surface area (Å²) in [6.45, 7) is 1.11. The standard InChI is InChI=1S/C11H13NOS/c13-8-11-2-5-12(7-11)4-1-10-3-6-14-9-10/h2-3,5-7,9,13H,1,4,8H2. The van der Waals surface area contributed by atoms with E-state index in [1.54, 1.807) is 11.3 Å². The minimum Gasteiger partial charge on any atom is -0.392 e. The molecule has 2 aromatic rings. The highest BCUT2D eigenvalue weighted by Crippen LogP contribution is 2.08. The van der Waals surface area contributed by atoms with Crippen LogP contribution in [0.1, 0.15) is 11.1 Å². The Labute approximate surface area is 87.4 Å². The molecule has 0 saturated carbocycles. The average Bonchev–Trinajstić information content (AvgIpc) is 2.86. The van der Waals surface area contributed by atoms with Crippen molar-refractivity contribution in [3.63, 3.8) is 0 Å². The molecule has 0 aliphatic heterocycles. The summed E-state index contributed by atoms with van der Waals surface area (Å²) < 4.78 is 2.11. The molecule has 0 aliphatic carbocycles. The Hall–Kier alpha value is -1.06. The van der Waals surface area contributed by atoms with Gasteiger partial charge in [-0.15, -0.1) is 0 Å². The average molecular weight is 207 g/mol. The molecule has 2 rings (SSSR count). The molecule has 1 N–H and O–H groups in total. The van der Waals surface area contributed by atoms with Gasteiger partial charge in [0.2, 0.25) is 0 Å². The fraction of sp³-hybridized carbons (Fsp3) is 0.273. The number of thiophene rings is 1. The molecule has 0 amide bonds. The normalized spacial score (nSPS) is 10.6. The van der Waals surface area contributed by atoms with Crippen molar-refractivity contribution >= 4 is 11.3 Å². The topological polar surface area (TPSA) is 25.2 Å². The van der Waals surface area contributed by atoms with E-state index in [-0.39, 0.29) is 6.61 Å². The molecule has 0 spiro atoms. The monoisotopic (exact) mass is 207 g/mol. The van der Waals surface area contributed by atoms with Crippen molar-refractivity contribution in [1.29, 1.82) is 0 Å². The predicted octanol–water partition coefficient (Wildman–Crippen LogP) is 2.28. The van der Waals surface area contributed by atoms with Crippen LogP contribution in [0, 0.1) is 0 Å². The maximum Gasteiger partial charge on any atom is 0.0696 e. The highest BCUT2D eigenvalue weighted by atomic mass is 32.1. The summed E-state index contributed by atoms with van der Waals surface area (Å²) in [7, 11) is 0. The first-order valence-corrected chi connectivity index (χ1v) is 5.59. The minimum atomic E-state index is 0.130. The van der Waals surface area contributed by atoms with Crippen LogP contribution in [0.4, 0.5) is 0 Å². The van der Waals surface area contributed by atoms with E-state index >= 15 is 0 Å². The second kappa shape index (κ2) is 4.44. The first kappa shape index (κ1) is 9.49. The van der Waals surface area contributed by atoms with Crippen LogP contribution in [0.3, 0.4) is 0 Å². The molecule has 0 fully saturated rings. The Bertz CT molecular complexity index is 378. The number of rotatable bonds is 4. The van der Waals surface area contributed by atoms with Crippen molar-refractivity contribution in [2.24, 2.45) is 0 Å². The summed E-state index contributed by atoms with van der Waals surface area (Å²) in [6.07, 6.45) is 5.06. The number of nitrogens with zero attached hydrogens (tertiary/aromatic N) is 1. The molecule has 2 nitrogen and oxygen atoms in total. The SMILES string of the molecule is OCc1ccn(CCc2ccsc2)c1. The van der Waals surface area contributed by atoms with Gasteiger partial charge in [-0.05, 0) is 40.4 Å². The van der Waals surface area contributed by atoms with Gasteiger partial charge in [-0.3, -0.25) is 0 Å². The van der Waals surface area contributed by atoms with Crippen LogP contribution >= 0.6 is 11.3 Å². The van der Waals surface area contributed by atoms with Gasteiger partial charge in [-0.1, -0.05) is 0 Å². The van der Waals surface area contributed by atoms with Gasteiger partial charge in [0.25, 0.3) is 0 Å². The Kier molecular flexibility index (Phi) is 3.01. The van der Waals surface area contributed by atoms with Crippen LogP contribution < -0.4 is 0 Å². The summed E-state index contributed by atoms with van der Waals surface area (Å²) in [5.41, 5.74) is 2.37. The third-order valence-corrected chi connectivity index (χ3v) is 2.97. The summed E-state index contributed by atoms with van der Waals surface area (Å²) in [5, 5.41) is 13.2. The van der Waals surface area contributed by atoms with Crippen LogP contribution in [0.5, 0.6) is 0 Å². The van der Waals surface area contributed by atoms with Crippen molar-refractivity contribution in [3.05, 3.63) is 46.4 Å². The summed E-state index contributed by atoms with van der Waals surface area (Å²) in [5.74, 6) is 0. The molecule has 0 aromatic carbocycles. The van der Waals surface area contributed by atoms with E-state index in [9.17, 15) is 0 Å². The van der Waals surface area contributed by atoms with E-state index < -0.39 is 0 Å². The van der Waals surface area contributed by atoms with E-state index in [0.717, 1.165) is 18.5 Å². The van der Waals surface area contributed by atoms with Crippen molar-refractivity contribution in [2.75, 3.05) is 0 Å². The lowest BCUT2D eigenvalue weighted by Crippen LogP contribution is -1.97. The first-order chi connectivity index (χ1) is 6.88. The maximum absolute atomic E-state index is 8.89. The molecule has 2 heterocycles. The van der Waals surface area contributed by atoms with E-state index in [0.29, 0.717) is 0 Å². The van der Waals surface area contributed by atoms with Gasteiger partial charge in [-0.25, -0.2) is 0 Å². The smallest absolute Gasteiger partial charge is 0.0696 e. The van der Waals surface area contributed by atoms with Crippen LogP contribution in [-0.4, -0.2) is 9.67 Å². The number of aliphatic hydroxyl groups is 1. The van der Waals surface area contributed by atoms with E-state index in [4.69, 9.17) is 5.11 Å². The number of aryl methyl sites for hydroxylation is 2. The van der Waals surface area contributed by atoms with Gasteiger partial charge in [0.1, 0.15) is 0 Å². The number of hydrogen-bond donors (Lipinski definition) is 1. The molecule has 0 aliphatic rings. The highest BCUT2D eigenvalue weighted by molar-refractivity contribution is 7.07. The first-order valence-electron chi connectivity index (χ1n) is 4.65. The zero-order valence-electron chi connectivity index (χ0n) is 7.89. The van der Waals surface area contributed by atoms with Crippen LogP contribution in [-0.2, 0) is 19.6 Å². The molecule has 0 saturated heterocycles. The lowest BCUT2D eigenvalue weighted by molar-refractivity contribution is 0.281. The molecule has 0 atom stereocenters. The summed E-state index contributed by atoms with van der Waals surface area (Å²) in [6, 6.07) is 4.11. The number of aromatic nitrogens is 1. The maximum atomic E-state index is 8.89. The quantitative estimate of drug-likeness (QED) is 0.817. The largest absolute Gasteiger partial charge is 0.392 e.